The number of ether oxygens (including phenoxy) is 2. The number of nitrogens with zero attached hydrogens (tertiary/aromatic N) is 1. The summed E-state index contributed by atoms with van der Waals surface area (Å²) in [4.78, 5) is 26.3. The van der Waals surface area contributed by atoms with E-state index in [0.29, 0.717) is 38.8 Å². The minimum absolute atomic E-state index is 0.0250. The quantitative estimate of drug-likeness (QED) is 0.686. The molecule has 0 aromatic rings. The van der Waals surface area contributed by atoms with Crippen LogP contribution in [0.3, 0.4) is 0 Å². The highest BCUT2D eigenvalue weighted by Crippen LogP contribution is 2.20. The van der Waals surface area contributed by atoms with Crippen molar-refractivity contribution in [3.05, 3.63) is 0 Å². The van der Waals surface area contributed by atoms with E-state index in [4.69, 9.17) is 9.47 Å². The van der Waals surface area contributed by atoms with E-state index >= 15 is 0 Å². The van der Waals surface area contributed by atoms with E-state index < -0.39 is 6.04 Å². The number of hydrogen-bond donors (Lipinski definition) is 2. The third-order valence-corrected chi connectivity index (χ3v) is 4.08. The average molecular weight is 297 g/mol. The third-order valence-electron chi connectivity index (χ3n) is 4.08. The molecule has 2 saturated heterocycles. The van der Waals surface area contributed by atoms with Gasteiger partial charge in [0.2, 0.25) is 11.8 Å². The summed E-state index contributed by atoms with van der Waals surface area (Å²) >= 11 is 0. The predicted octanol–water partition coefficient (Wildman–Crippen LogP) is -1.13. The number of morpholine rings is 2. The van der Waals surface area contributed by atoms with Gasteiger partial charge in [-0.3, -0.25) is 9.59 Å². The Balaban J connectivity index is 1.56. The van der Waals surface area contributed by atoms with Gasteiger partial charge in [0.25, 0.3) is 0 Å². The van der Waals surface area contributed by atoms with Crippen molar-refractivity contribution >= 4 is 11.8 Å². The van der Waals surface area contributed by atoms with Crippen molar-refractivity contribution in [1.82, 2.24) is 15.5 Å². The Bertz CT molecular complexity index is 394. The zero-order valence-corrected chi connectivity index (χ0v) is 12.2. The topological polar surface area (TPSA) is 79.9 Å². The normalized spacial score (nSPS) is 30.0. The molecule has 3 fully saturated rings. The molecule has 118 valence electrons. The Labute approximate surface area is 124 Å². The zero-order valence-electron chi connectivity index (χ0n) is 12.2. The molecule has 7 heteroatoms. The molecule has 2 N–H and O–H groups in total. The molecule has 21 heavy (non-hydrogen) atoms. The highest BCUT2D eigenvalue weighted by molar-refractivity contribution is 5.88. The molecule has 3 rings (SSSR count). The van der Waals surface area contributed by atoms with E-state index in [9.17, 15) is 9.59 Å². The van der Waals surface area contributed by atoms with Gasteiger partial charge in [0.1, 0.15) is 6.04 Å². The van der Waals surface area contributed by atoms with Crippen molar-refractivity contribution in [3.63, 3.8) is 0 Å². The molecule has 2 heterocycles. The number of carbonyl (C=O) groups is 2. The van der Waals surface area contributed by atoms with Gasteiger partial charge in [0.05, 0.1) is 32.3 Å². The van der Waals surface area contributed by atoms with E-state index in [1.807, 2.05) is 0 Å². The lowest BCUT2D eigenvalue weighted by Gasteiger charge is -2.35. The molecular weight excluding hydrogens is 274 g/mol. The molecule has 2 aliphatic heterocycles. The van der Waals surface area contributed by atoms with Crippen molar-refractivity contribution in [2.24, 2.45) is 0 Å². The van der Waals surface area contributed by atoms with Crippen LogP contribution in [-0.4, -0.2) is 74.4 Å². The van der Waals surface area contributed by atoms with E-state index in [1.165, 1.54) is 0 Å². The molecule has 0 bridgehead atoms. The second kappa shape index (κ2) is 6.72. The van der Waals surface area contributed by atoms with Crippen molar-refractivity contribution in [2.75, 3.05) is 39.5 Å². The first kappa shape index (κ1) is 14.7. The van der Waals surface area contributed by atoms with Crippen molar-refractivity contribution < 1.29 is 19.1 Å². The van der Waals surface area contributed by atoms with Gasteiger partial charge >= 0.3 is 0 Å². The lowest BCUT2D eigenvalue weighted by molar-refractivity contribution is -0.150. The van der Waals surface area contributed by atoms with Crippen LogP contribution in [0.1, 0.15) is 19.3 Å². The summed E-state index contributed by atoms with van der Waals surface area (Å²) in [5.74, 6) is -0.115. The Morgan fingerprint density at radius 2 is 2.14 bits per heavy atom. The molecule has 0 aromatic heterocycles. The fourth-order valence-corrected chi connectivity index (χ4v) is 2.71. The first-order valence-corrected chi connectivity index (χ1v) is 7.74. The second-order valence-corrected chi connectivity index (χ2v) is 5.86. The van der Waals surface area contributed by atoms with Crippen LogP contribution in [0.5, 0.6) is 0 Å². The largest absolute Gasteiger partial charge is 0.377 e. The fraction of sp³-hybridized carbons (Fsp3) is 0.857. The minimum atomic E-state index is -0.497. The lowest BCUT2D eigenvalue weighted by atomic mass is 10.1. The summed E-state index contributed by atoms with van der Waals surface area (Å²) in [7, 11) is 0. The van der Waals surface area contributed by atoms with Gasteiger partial charge in [-0.2, -0.15) is 0 Å². The van der Waals surface area contributed by atoms with Gasteiger partial charge < -0.3 is 25.0 Å². The van der Waals surface area contributed by atoms with Crippen molar-refractivity contribution in [1.29, 1.82) is 0 Å². The Kier molecular flexibility index (Phi) is 4.72. The van der Waals surface area contributed by atoms with Crippen LogP contribution in [0.15, 0.2) is 0 Å². The van der Waals surface area contributed by atoms with Crippen LogP contribution in [0.25, 0.3) is 0 Å². The summed E-state index contributed by atoms with van der Waals surface area (Å²) in [6, 6.07) is -0.203. The Morgan fingerprint density at radius 3 is 2.86 bits per heavy atom. The van der Waals surface area contributed by atoms with Crippen molar-refractivity contribution in [2.45, 2.75) is 37.5 Å². The number of nitrogens with one attached hydrogen (secondary N) is 2. The monoisotopic (exact) mass is 297 g/mol. The van der Waals surface area contributed by atoms with Crippen LogP contribution in [0.2, 0.25) is 0 Å². The van der Waals surface area contributed by atoms with Gasteiger partial charge in [-0.05, 0) is 12.8 Å². The van der Waals surface area contributed by atoms with Crippen LogP contribution >= 0.6 is 0 Å². The molecule has 0 radical (unpaired) electrons. The fourth-order valence-electron chi connectivity index (χ4n) is 2.71. The Hall–Kier alpha value is -1.18. The maximum Gasteiger partial charge on any atom is 0.245 e. The molecule has 0 aromatic carbocycles. The third kappa shape index (κ3) is 3.93. The number of carbonyl (C=O) groups excluding carboxylic acids is 2. The summed E-state index contributed by atoms with van der Waals surface area (Å²) in [5, 5.41) is 6.17. The summed E-state index contributed by atoms with van der Waals surface area (Å²) in [5.41, 5.74) is 0. The summed E-state index contributed by atoms with van der Waals surface area (Å²) in [6.07, 6.45) is 2.30. The standard InChI is InChI=1S/C14H23N3O4/c18-13(7-11-8-15-3-5-21-11)17-4-6-20-9-12(17)14(19)16-10-1-2-10/h10-12,15H,1-9H2,(H,16,19). The van der Waals surface area contributed by atoms with E-state index in [0.717, 1.165) is 19.4 Å². The first-order valence-electron chi connectivity index (χ1n) is 7.74. The van der Waals surface area contributed by atoms with Gasteiger partial charge in [0.15, 0.2) is 0 Å². The molecule has 2 amide bonds. The van der Waals surface area contributed by atoms with Gasteiger partial charge in [-0.1, -0.05) is 0 Å². The first-order chi connectivity index (χ1) is 10.2. The summed E-state index contributed by atoms with van der Waals surface area (Å²) in [6.45, 7) is 3.40. The van der Waals surface area contributed by atoms with Gasteiger partial charge in [0, 0.05) is 25.7 Å². The van der Waals surface area contributed by atoms with Crippen LogP contribution < -0.4 is 10.6 Å². The highest BCUT2D eigenvalue weighted by Gasteiger charge is 2.36. The second-order valence-electron chi connectivity index (χ2n) is 5.86. The summed E-state index contributed by atoms with van der Waals surface area (Å²) < 4.78 is 10.9. The zero-order chi connectivity index (χ0) is 14.7. The van der Waals surface area contributed by atoms with Crippen LogP contribution in [0, 0.1) is 0 Å². The van der Waals surface area contributed by atoms with Crippen molar-refractivity contribution in [3.8, 4) is 0 Å². The molecule has 2 atom stereocenters. The van der Waals surface area contributed by atoms with E-state index in [2.05, 4.69) is 10.6 Å². The molecule has 1 saturated carbocycles. The smallest absolute Gasteiger partial charge is 0.245 e. The molecule has 1 aliphatic carbocycles. The molecule has 2 unspecified atom stereocenters. The van der Waals surface area contributed by atoms with E-state index in [-0.39, 0.29) is 24.5 Å². The lowest BCUT2D eigenvalue weighted by Crippen LogP contribution is -2.57. The number of rotatable bonds is 4. The Morgan fingerprint density at radius 1 is 1.29 bits per heavy atom. The van der Waals surface area contributed by atoms with E-state index in [1.54, 1.807) is 4.90 Å². The van der Waals surface area contributed by atoms with Gasteiger partial charge in [-0.15, -0.1) is 0 Å². The highest BCUT2D eigenvalue weighted by atomic mass is 16.5. The maximum absolute atomic E-state index is 12.5. The van der Waals surface area contributed by atoms with Gasteiger partial charge in [-0.25, -0.2) is 0 Å². The molecular formula is C14H23N3O4. The number of hydrogen-bond acceptors (Lipinski definition) is 5. The molecule has 0 spiro atoms. The minimum Gasteiger partial charge on any atom is -0.377 e. The maximum atomic E-state index is 12.5. The number of amides is 2. The average Bonchev–Trinajstić information content (AvgIpc) is 3.32. The predicted molar refractivity (Wildman–Crippen MR) is 74.7 cm³/mol. The SMILES string of the molecule is O=C(NC1CC1)C1COCCN1C(=O)CC1CNCCO1. The van der Waals surface area contributed by atoms with Crippen LogP contribution in [0.4, 0.5) is 0 Å². The molecule has 3 aliphatic rings. The van der Waals surface area contributed by atoms with Crippen LogP contribution in [-0.2, 0) is 19.1 Å². The molecule has 7 nitrogen and oxygen atoms in total.